The maximum atomic E-state index is 12.8. The van der Waals surface area contributed by atoms with Crippen molar-refractivity contribution in [2.45, 2.75) is 41.9 Å². The number of carbonyl (C=O) groups is 5. The highest BCUT2D eigenvalue weighted by molar-refractivity contribution is 8.01. The molecule has 1 saturated heterocycles. The van der Waals surface area contributed by atoms with Crippen LogP contribution >= 0.6 is 23.5 Å². The number of nitrogens with zero attached hydrogens (tertiary/aromatic N) is 5. The summed E-state index contributed by atoms with van der Waals surface area (Å²) >= 11 is 2.60. The fourth-order valence-corrected chi connectivity index (χ4v) is 6.43. The number of carboxylic acids is 2. The molecule has 0 radical (unpaired) electrons. The summed E-state index contributed by atoms with van der Waals surface area (Å²) < 4.78 is 1.46. The summed E-state index contributed by atoms with van der Waals surface area (Å²) in [5.74, 6) is -3.36. The highest BCUT2D eigenvalue weighted by Crippen LogP contribution is 2.41. The minimum absolute atomic E-state index is 0.0121. The lowest BCUT2D eigenvalue weighted by Gasteiger charge is -2.49. The van der Waals surface area contributed by atoms with Crippen LogP contribution in [-0.2, 0) is 26.2 Å². The van der Waals surface area contributed by atoms with Gasteiger partial charge in [0.1, 0.15) is 23.2 Å². The van der Waals surface area contributed by atoms with Gasteiger partial charge in [0.2, 0.25) is 11.1 Å². The van der Waals surface area contributed by atoms with E-state index < -0.39 is 47.1 Å². The lowest BCUT2D eigenvalue weighted by atomic mass is 10.0. The van der Waals surface area contributed by atoms with Gasteiger partial charge in [-0.2, -0.15) is 0 Å². The van der Waals surface area contributed by atoms with Crippen LogP contribution in [0.2, 0.25) is 0 Å². The SMILES string of the molecule is Cn1nnnc1SCC1=C(C(=O)O)N2C(=O)[C@@H](NC(=O)CCC[C@@H](NC(=O)c3ccccc3)C(=O)O)[C@H]2SC1. The number of tetrazole rings is 1. The van der Waals surface area contributed by atoms with Crippen LogP contribution in [-0.4, -0.2) is 93.9 Å². The fraction of sp³-hybridized carbons (Fsp3) is 0.391. The van der Waals surface area contributed by atoms with Gasteiger partial charge in [-0.15, -0.1) is 16.9 Å². The van der Waals surface area contributed by atoms with Crippen molar-refractivity contribution in [3.8, 4) is 0 Å². The van der Waals surface area contributed by atoms with Gasteiger partial charge >= 0.3 is 11.9 Å². The quantitative estimate of drug-likeness (QED) is 0.197. The summed E-state index contributed by atoms with van der Waals surface area (Å²) in [5.41, 5.74) is 0.768. The molecule has 206 valence electrons. The molecule has 2 aromatic rings. The fourth-order valence-electron chi connectivity index (χ4n) is 4.09. The Labute approximate surface area is 230 Å². The molecule has 0 spiro atoms. The number of aromatic nitrogens is 4. The summed E-state index contributed by atoms with van der Waals surface area (Å²) in [6.07, 6.45) is 0.0957. The largest absolute Gasteiger partial charge is 0.480 e. The van der Waals surface area contributed by atoms with Crippen LogP contribution in [0.3, 0.4) is 0 Å². The molecule has 1 aromatic carbocycles. The summed E-state index contributed by atoms with van der Waals surface area (Å²) in [5, 5.41) is 35.4. The first-order valence-electron chi connectivity index (χ1n) is 11.8. The Kier molecular flexibility index (Phi) is 8.86. The van der Waals surface area contributed by atoms with Crippen molar-refractivity contribution in [1.82, 2.24) is 35.7 Å². The number of carboxylic acid groups (broad SMARTS) is 2. The molecule has 0 unspecified atom stereocenters. The maximum Gasteiger partial charge on any atom is 0.352 e. The van der Waals surface area contributed by atoms with E-state index >= 15 is 0 Å². The molecule has 2 aliphatic rings. The van der Waals surface area contributed by atoms with E-state index in [1.807, 2.05) is 0 Å². The van der Waals surface area contributed by atoms with Gasteiger partial charge in [0.05, 0.1) is 0 Å². The molecule has 3 atom stereocenters. The molecule has 2 aliphatic heterocycles. The molecule has 3 heterocycles. The molecule has 39 heavy (non-hydrogen) atoms. The molecule has 1 fully saturated rings. The summed E-state index contributed by atoms with van der Waals surface area (Å²) in [4.78, 5) is 62.4. The number of nitrogens with one attached hydrogen (secondary N) is 2. The average molecular weight is 576 g/mol. The van der Waals surface area contributed by atoms with Gasteiger partial charge in [0, 0.05) is 30.5 Å². The molecule has 4 rings (SSSR count). The van der Waals surface area contributed by atoms with Gasteiger partial charge in [-0.05, 0) is 41.0 Å². The number of β-lactam (4-membered cyclic amide) rings is 1. The average Bonchev–Trinajstić information content (AvgIpc) is 3.33. The van der Waals surface area contributed by atoms with Crippen LogP contribution in [0.5, 0.6) is 0 Å². The second-order valence-electron chi connectivity index (χ2n) is 8.71. The van der Waals surface area contributed by atoms with E-state index in [1.165, 1.54) is 33.1 Å². The second kappa shape index (κ2) is 12.3. The van der Waals surface area contributed by atoms with Crippen molar-refractivity contribution in [1.29, 1.82) is 0 Å². The molecule has 1 aromatic heterocycles. The second-order valence-corrected chi connectivity index (χ2v) is 10.8. The van der Waals surface area contributed by atoms with Crippen LogP contribution in [0.1, 0.15) is 29.6 Å². The molecule has 0 aliphatic carbocycles. The predicted octanol–water partition coefficient (Wildman–Crippen LogP) is 0.0943. The number of fused-ring (bicyclic) bond motifs is 1. The number of aliphatic carboxylic acids is 2. The number of hydrogen-bond donors (Lipinski definition) is 4. The Balaban J connectivity index is 1.29. The molecule has 14 nitrogen and oxygen atoms in total. The number of amides is 3. The molecule has 16 heteroatoms. The zero-order valence-electron chi connectivity index (χ0n) is 20.6. The monoisotopic (exact) mass is 575 g/mol. The summed E-state index contributed by atoms with van der Waals surface area (Å²) in [7, 11) is 1.66. The molecule has 0 bridgehead atoms. The minimum Gasteiger partial charge on any atom is -0.480 e. The number of aryl methyl sites for hydroxylation is 1. The smallest absolute Gasteiger partial charge is 0.352 e. The van der Waals surface area contributed by atoms with E-state index in [0.717, 1.165) is 0 Å². The highest BCUT2D eigenvalue weighted by atomic mass is 32.2. The van der Waals surface area contributed by atoms with E-state index in [9.17, 15) is 34.2 Å². The van der Waals surface area contributed by atoms with Gasteiger partial charge in [-0.1, -0.05) is 30.0 Å². The van der Waals surface area contributed by atoms with Crippen LogP contribution in [0.15, 0.2) is 46.8 Å². The summed E-state index contributed by atoms with van der Waals surface area (Å²) in [6.45, 7) is 0. The van der Waals surface area contributed by atoms with E-state index in [0.29, 0.717) is 22.0 Å². The van der Waals surface area contributed by atoms with Crippen LogP contribution in [0.25, 0.3) is 0 Å². The molecular weight excluding hydrogens is 550 g/mol. The van der Waals surface area contributed by atoms with E-state index in [2.05, 4.69) is 26.2 Å². The molecule has 0 saturated carbocycles. The Morgan fingerprint density at radius 1 is 1.21 bits per heavy atom. The molecule has 4 N–H and O–H groups in total. The van der Waals surface area contributed by atoms with Crippen molar-refractivity contribution in [3.05, 3.63) is 47.2 Å². The normalized spacial score (nSPS) is 19.1. The van der Waals surface area contributed by atoms with Crippen molar-refractivity contribution in [3.63, 3.8) is 0 Å². The Hall–Kier alpha value is -3.92. The summed E-state index contributed by atoms with van der Waals surface area (Å²) in [6, 6.07) is 6.11. The third kappa shape index (κ3) is 6.39. The van der Waals surface area contributed by atoms with Crippen LogP contribution in [0, 0.1) is 0 Å². The highest BCUT2D eigenvalue weighted by Gasteiger charge is 2.54. The zero-order chi connectivity index (χ0) is 28.1. The third-order valence-corrected chi connectivity index (χ3v) is 8.50. The number of hydrogen-bond acceptors (Lipinski definition) is 10. The van der Waals surface area contributed by atoms with Crippen LogP contribution in [0.4, 0.5) is 0 Å². The standard InChI is InChI=1S/C23H25N7O7S2/c1-29-23(26-27-28-29)39-11-13-10-38-20-16(19(33)30(20)17(13)22(36)37)25-15(31)9-5-8-14(21(34)35)24-18(32)12-6-3-2-4-7-12/h2-4,6-7,14,16,20H,5,8-11H2,1H3,(H,24,32)(H,25,31)(H,34,35)(H,36,37)/t14-,16-,20-/m1/s1. The molecular formula is C23H25N7O7S2. The van der Waals surface area contributed by atoms with Crippen molar-refractivity contribution >= 4 is 53.2 Å². The third-order valence-electron chi connectivity index (χ3n) is 6.06. The van der Waals surface area contributed by atoms with Crippen molar-refractivity contribution in [2.75, 3.05) is 11.5 Å². The number of carbonyl (C=O) groups excluding carboxylic acids is 3. The lowest BCUT2D eigenvalue weighted by molar-refractivity contribution is -0.150. The van der Waals surface area contributed by atoms with Gasteiger partial charge in [0.25, 0.3) is 11.8 Å². The topological polar surface area (TPSA) is 197 Å². The zero-order valence-corrected chi connectivity index (χ0v) is 22.3. The first kappa shape index (κ1) is 28.1. The number of benzene rings is 1. The van der Waals surface area contributed by atoms with E-state index in [-0.39, 0.29) is 30.7 Å². The van der Waals surface area contributed by atoms with Gasteiger partial charge in [0.15, 0.2) is 0 Å². The maximum absolute atomic E-state index is 12.8. The number of rotatable bonds is 12. The lowest BCUT2D eigenvalue weighted by Crippen LogP contribution is -2.70. The Morgan fingerprint density at radius 2 is 1.95 bits per heavy atom. The number of thioether (sulfide) groups is 2. The van der Waals surface area contributed by atoms with Gasteiger partial charge in [-0.3, -0.25) is 19.3 Å². The van der Waals surface area contributed by atoms with Gasteiger partial charge in [-0.25, -0.2) is 14.3 Å². The van der Waals surface area contributed by atoms with E-state index in [1.54, 1.807) is 37.4 Å². The predicted molar refractivity (Wildman–Crippen MR) is 138 cm³/mol. The van der Waals surface area contributed by atoms with E-state index in [4.69, 9.17) is 0 Å². The minimum atomic E-state index is -1.23. The first-order valence-corrected chi connectivity index (χ1v) is 13.8. The van der Waals surface area contributed by atoms with Crippen LogP contribution < -0.4 is 10.6 Å². The van der Waals surface area contributed by atoms with Gasteiger partial charge < -0.3 is 20.8 Å². The Bertz CT molecular complexity index is 1320. The van der Waals surface area contributed by atoms with Crippen molar-refractivity contribution < 1.29 is 34.2 Å². The van der Waals surface area contributed by atoms with Crippen molar-refractivity contribution in [2.24, 2.45) is 7.05 Å². The Morgan fingerprint density at radius 3 is 2.59 bits per heavy atom. The molecule has 3 amide bonds. The first-order chi connectivity index (χ1) is 18.7.